The van der Waals surface area contributed by atoms with E-state index in [9.17, 15) is 14.9 Å². The smallest absolute Gasteiger partial charge is 0.251 e. The van der Waals surface area contributed by atoms with Gasteiger partial charge in [-0.25, -0.2) is 0 Å². The number of rotatable bonds is 10. The Morgan fingerprint density at radius 1 is 0.980 bits per heavy atom. The number of aromatic nitrogens is 3. The van der Waals surface area contributed by atoms with E-state index in [1.807, 2.05) is 31.3 Å². The van der Waals surface area contributed by atoms with Gasteiger partial charge in [0.15, 0.2) is 5.82 Å². The number of hydrogen-bond acceptors (Lipinski definition) is 7. The van der Waals surface area contributed by atoms with E-state index >= 15 is 0 Å². The van der Waals surface area contributed by atoms with Crippen LogP contribution in [-0.2, 0) is 23.1 Å². The van der Waals surface area contributed by atoms with Crippen molar-refractivity contribution in [1.82, 2.24) is 36.0 Å². The molecule has 3 unspecified atom stereocenters. The Hall–Kier alpha value is -5.27. The van der Waals surface area contributed by atoms with Crippen LogP contribution >= 0.6 is 0 Å². The van der Waals surface area contributed by atoms with Gasteiger partial charge in [-0.3, -0.25) is 9.59 Å². The van der Waals surface area contributed by atoms with Crippen LogP contribution in [0.2, 0.25) is 0 Å². The van der Waals surface area contributed by atoms with Gasteiger partial charge in [0.25, 0.3) is 5.91 Å². The third-order valence-electron chi connectivity index (χ3n) is 10.6. The van der Waals surface area contributed by atoms with Crippen molar-refractivity contribution < 1.29 is 9.59 Å². The highest BCUT2D eigenvalue weighted by Crippen LogP contribution is 2.48. The lowest BCUT2D eigenvalue weighted by atomic mass is 9.69. The second kappa shape index (κ2) is 13.0. The lowest BCUT2D eigenvalue weighted by Gasteiger charge is -2.35. The number of likely N-dealkylation sites (tertiary alicyclic amines) is 1. The molecule has 1 aromatic heterocycles. The van der Waals surface area contributed by atoms with Crippen LogP contribution in [0.5, 0.6) is 0 Å². The van der Waals surface area contributed by atoms with Gasteiger partial charge in [0.2, 0.25) is 5.91 Å². The van der Waals surface area contributed by atoms with Crippen molar-refractivity contribution in [3.05, 3.63) is 112 Å². The molecule has 2 fully saturated rings. The molecular formula is C39H42N8O2. The van der Waals surface area contributed by atoms with Crippen molar-refractivity contribution in [3.8, 4) is 17.5 Å². The van der Waals surface area contributed by atoms with Gasteiger partial charge in [-0.05, 0) is 97.5 Å². The van der Waals surface area contributed by atoms with Crippen molar-refractivity contribution in [3.63, 3.8) is 0 Å². The van der Waals surface area contributed by atoms with Crippen molar-refractivity contribution in [2.24, 2.45) is 5.92 Å². The van der Waals surface area contributed by atoms with Crippen molar-refractivity contribution in [1.29, 1.82) is 5.26 Å². The monoisotopic (exact) mass is 654 g/mol. The number of benzene rings is 3. The number of fused-ring (bicyclic) bond motifs is 3. The number of H-pyrrole nitrogens is 1. The van der Waals surface area contributed by atoms with E-state index in [1.165, 1.54) is 0 Å². The van der Waals surface area contributed by atoms with E-state index in [0.29, 0.717) is 36.1 Å². The van der Waals surface area contributed by atoms with Gasteiger partial charge in [0.1, 0.15) is 11.9 Å². The number of nitrogens with zero attached hydrogens (tertiary/aromatic N) is 4. The maximum absolute atomic E-state index is 13.4. The molecule has 2 heterocycles. The number of amides is 2. The number of aromatic amines is 1. The average Bonchev–Trinajstić information content (AvgIpc) is 3.56. The highest BCUT2D eigenvalue weighted by Gasteiger charge is 2.54. The van der Waals surface area contributed by atoms with Crippen LogP contribution in [0.25, 0.3) is 17.1 Å². The van der Waals surface area contributed by atoms with E-state index < -0.39 is 5.41 Å². The summed E-state index contributed by atoms with van der Waals surface area (Å²) in [5.74, 6) is 1.66. The zero-order valence-electron chi connectivity index (χ0n) is 28.3. The Kier molecular flexibility index (Phi) is 8.55. The van der Waals surface area contributed by atoms with Crippen LogP contribution in [0.1, 0.15) is 68.8 Å². The molecule has 4 aromatic rings. The largest absolute Gasteiger partial charge is 0.388 e. The van der Waals surface area contributed by atoms with E-state index in [-0.39, 0.29) is 30.4 Å². The first-order chi connectivity index (χ1) is 23.8. The molecule has 10 nitrogen and oxygen atoms in total. The Morgan fingerprint density at radius 2 is 1.67 bits per heavy atom. The molecule has 1 saturated carbocycles. The molecule has 3 aromatic carbocycles. The summed E-state index contributed by atoms with van der Waals surface area (Å²) in [5.41, 5.74) is 8.09. The number of nitrogens with one attached hydrogen (secondary N) is 4. The molecule has 0 spiro atoms. The molecule has 10 heteroatoms. The fraction of sp³-hybridized carbons (Fsp3) is 0.359. The summed E-state index contributed by atoms with van der Waals surface area (Å²) in [6.07, 6.45) is 3.81. The molecule has 0 bridgehead atoms. The van der Waals surface area contributed by atoms with Gasteiger partial charge in [-0.15, -0.1) is 10.2 Å². The summed E-state index contributed by atoms with van der Waals surface area (Å²) in [4.78, 5) is 31.6. The number of piperidine rings is 1. The van der Waals surface area contributed by atoms with Gasteiger partial charge < -0.3 is 25.8 Å². The van der Waals surface area contributed by atoms with Crippen LogP contribution in [0.3, 0.4) is 0 Å². The minimum absolute atomic E-state index is 0.0287. The third-order valence-corrected chi connectivity index (χ3v) is 10.6. The Morgan fingerprint density at radius 3 is 2.35 bits per heavy atom. The highest BCUT2D eigenvalue weighted by atomic mass is 16.2. The predicted molar refractivity (Wildman–Crippen MR) is 188 cm³/mol. The number of nitriles is 1. The van der Waals surface area contributed by atoms with E-state index in [0.717, 1.165) is 70.3 Å². The number of hydrogen-bond donors (Lipinski definition) is 4. The van der Waals surface area contributed by atoms with Gasteiger partial charge in [-0.1, -0.05) is 54.6 Å². The highest BCUT2D eigenvalue weighted by molar-refractivity contribution is 5.94. The standard InChI is InChI=1S/C39H42N8O2/c1-23-5-7-25(8-6-23)36-44-38(46-45-36)39(15-16-43-22-35(48)47-31(21-40)19-30-20-34(30)47)32-13-11-26(24(2)41-3)17-27(32)9-10-28-18-29(37(49)42-4)12-14-33(28)39/h5-8,11-14,17-18,30-31,34,41,43H,2,9-10,15-16,19-20,22H2,1,3-4H3,(H,42,49)(H,44,45,46)/t30-,31?,34?,39?/m1/s1. The minimum atomic E-state index is -0.793. The van der Waals surface area contributed by atoms with Gasteiger partial charge in [0.05, 0.1) is 18.0 Å². The van der Waals surface area contributed by atoms with Crippen molar-refractivity contribution in [2.75, 3.05) is 27.2 Å². The molecule has 2 amide bonds. The first-order valence-corrected chi connectivity index (χ1v) is 17.0. The zero-order chi connectivity index (χ0) is 34.3. The van der Waals surface area contributed by atoms with E-state index in [4.69, 9.17) is 5.10 Å². The molecule has 4 N–H and O–H groups in total. The number of carbonyl (C=O) groups is 2. The quantitative estimate of drug-likeness (QED) is 0.188. The SMILES string of the molecule is C=C(NC)c1ccc2c(c1)CCc1cc(C(=O)NC)ccc1C2(CCNCC(=O)N1C(C#N)C[C@@H]2CC21)c1nnc(-c2ccc(C)cc2)[nH]1. The molecule has 0 radical (unpaired) electrons. The van der Waals surface area contributed by atoms with Crippen molar-refractivity contribution in [2.45, 2.75) is 56.5 Å². The maximum atomic E-state index is 13.4. The maximum Gasteiger partial charge on any atom is 0.251 e. The van der Waals surface area contributed by atoms with Crippen molar-refractivity contribution >= 4 is 17.5 Å². The van der Waals surface area contributed by atoms with Crippen LogP contribution in [0.4, 0.5) is 0 Å². The van der Waals surface area contributed by atoms with Gasteiger partial charge in [-0.2, -0.15) is 5.26 Å². The van der Waals surface area contributed by atoms with Crippen LogP contribution < -0.4 is 16.0 Å². The molecule has 49 heavy (non-hydrogen) atoms. The lowest BCUT2D eigenvalue weighted by Crippen LogP contribution is -2.44. The minimum Gasteiger partial charge on any atom is -0.388 e. The summed E-state index contributed by atoms with van der Waals surface area (Å²) >= 11 is 0. The Bertz CT molecular complexity index is 1910. The fourth-order valence-corrected chi connectivity index (χ4v) is 7.90. The molecule has 3 aliphatic rings. The van der Waals surface area contributed by atoms with Crippen LogP contribution in [0.15, 0.2) is 67.2 Å². The van der Waals surface area contributed by atoms with Gasteiger partial charge >= 0.3 is 0 Å². The van der Waals surface area contributed by atoms with Gasteiger partial charge in [0, 0.05) is 37.0 Å². The van der Waals surface area contributed by atoms with Crippen LogP contribution in [-0.4, -0.2) is 71.2 Å². The van der Waals surface area contributed by atoms with Crippen LogP contribution in [0, 0.1) is 24.2 Å². The lowest BCUT2D eigenvalue weighted by molar-refractivity contribution is -0.131. The molecular weight excluding hydrogens is 612 g/mol. The first kappa shape index (κ1) is 32.3. The molecule has 7 rings (SSSR count). The summed E-state index contributed by atoms with van der Waals surface area (Å²) in [6.45, 7) is 6.91. The summed E-state index contributed by atoms with van der Waals surface area (Å²) in [6, 6.07) is 22.8. The zero-order valence-corrected chi connectivity index (χ0v) is 28.3. The topological polar surface area (TPSA) is 139 Å². The average molecular weight is 655 g/mol. The fourth-order valence-electron chi connectivity index (χ4n) is 7.90. The number of carbonyl (C=O) groups excluding carboxylic acids is 2. The molecule has 4 atom stereocenters. The second-order valence-electron chi connectivity index (χ2n) is 13.5. The molecule has 1 aliphatic heterocycles. The summed E-state index contributed by atoms with van der Waals surface area (Å²) in [5, 5.41) is 28.6. The molecule has 1 saturated heterocycles. The normalized spacial score (nSPS) is 21.8. The van der Waals surface area contributed by atoms with E-state index in [2.05, 4.69) is 82.0 Å². The Balaban J connectivity index is 1.32. The third kappa shape index (κ3) is 5.78. The molecule has 250 valence electrons. The first-order valence-electron chi connectivity index (χ1n) is 17.0. The summed E-state index contributed by atoms with van der Waals surface area (Å²) < 4.78 is 0. The Labute approximate surface area is 287 Å². The summed E-state index contributed by atoms with van der Waals surface area (Å²) in [7, 11) is 3.51. The number of aryl methyl sites for hydroxylation is 3. The van der Waals surface area contributed by atoms with E-state index in [1.54, 1.807) is 11.9 Å². The predicted octanol–water partition coefficient (Wildman–Crippen LogP) is 4.26. The second-order valence-corrected chi connectivity index (χ2v) is 13.5. The molecule has 2 aliphatic carbocycles.